The van der Waals surface area contributed by atoms with Gasteiger partial charge < -0.3 is 10.2 Å². The Labute approximate surface area is 91.8 Å². The fraction of sp³-hybridized carbons (Fsp3) is 1.00. The summed E-state index contributed by atoms with van der Waals surface area (Å²) in [5.41, 5.74) is 0. The third kappa shape index (κ3) is 2.44. The van der Waals surface area contributed by atoms with Crippen molar-refractivity contribution in [1.82, 2.24) is 10.2 Å². The number of piperidine rings is 1. The predicted octanol–water partition coefficient (Wildman–Crippen LogP) is 1.57. The lowest BCUT2D eigenvalue weighted by atomic mass is 10.1. The highest BCUT2D eigenvalue weighted by Gasteiger charge is 2.43. The minimum Gasteiger partial charge on any atom is -0.317 e. The van der Waals surface area contributed by atoms with Crippen molar-refractivity contribution in [2.24, 2.45) is 0 Å². The van der Waals surface area contributed by atoms with Gasteiger partial charge in [-0.1, -0.05) is 0 Å². The van der Waals surface area contributed by atoms with E-state index in [2.05, 4.69) is 35.3 Å². The normalized spacial score (nSPS) is 27.9. The molecule has 0 aromatic rings. The smallest absolute Gasteiger partial charge is 0.0285 e. The molecule has 1 N–H and O–H groups in total. The topological polar surface area (TPSA) is 15.3 Å². The molecule has 1 aliphatic heterocycles. The molecule has 3 heteroatoms. The number of rotatable bonds is 4. The number of thioether (sulfide) groups is 1. The third-order valence-corrected chi connectivity index (χ3v) is 5.15. The van der Waals surface area contributed by atoms with Gasteiger partial charge in [-0.15, -0.1) is 0 Å². The second kappa shape index (κ2) is 4.42. The Kier molecular flexibility index (Phi) is 3.40. The molecule has 2 aliphatic rings. The minimum atomic E-state index is 0.659. The fourth-order valence-corrected chi connectivity index (χ4v) is 3.18. The number of hydrogen-bond acceptors (Lipinski definition) is 3. The lowest BCUT2D eigenvalue weighted by Crippen LogP contribution is -2.43. The van der Waals surface area contributed by atoms with Crippen LogP contribution in [-0.2, 0) is 0 Å². The number of hydrogen-bond donors (Lipinski definition) is 1. The summed E-state index contributed by atoms with van der Waals surface area (Å²) in [4.78, 5) is 2.66. The maximum Gasteiger partial charge on any atom is 0.0285 e. The molecule has 2 rings (SSSR count). The lowest BCUT2D eigenvalue weighted by molar-refractivity contribution is 0.200. The van der Waals surface area contributed by atoms with Gasteiger partial charge in [0.2, 0.25) is 0 Å². The van der Waals surface area contributed by atoms with Crippen LogP contribution in [0.3, 0.4) is 0 Å². The highest BCUT2D eigenvalue weighted by atomic mass is 32.2. The Morgan fingerprint density at radius 2 is 2.00 bits per heavy atom. The van der Waals surface area contributed by atoms with Crippen molar-refractivity contribution < 1.29 is 0 Å². The molecule has 0 aromatic heterocycles. The van der Waals surface area contributed by atoms with E-state index in [4.69, 9.17) is 0 Å². The van der Waals surface area contributed by atoms with Crippen LogP contribution in [0.2, 0.25) is 0 Å². The van der Waals surface area contributed by atoms with Crippen LogP contribution in [0.1, 0.15) is 25.7 Å². The maximum atomic E-state index is 3.39. The molecule has 0 aromatic carbocycles. The molecule has 1 aliphatic carbocycles. The van der Waals surface area contributed by atoms with Crippen LogP contribution in [0.4, 0.5) is 0 Å². The van der Waals surface area contributed by atoms with Crippen molar-refractivity contribution in [3.8, 4) is 0 Å². The van der Waals surface area contributed by atoms with Gasteiger partial charge in [-0.05, 0) is 52.1 Å². The van der Waals surface area contributed by atoms with Gasteiger partial charge in [0, 0.05) is 17.3 Å². The molecular formula is C11H22N2S. The van der Waals surface area contributed by atoms with Gasteiger partial charge in [0.1, 0.15) is 0 Å². The Bertz CT molecular complexity index is 184. The van der Waals surface area contributed by atoms with Crippen molar-refractivity contribution >= 4 is 11.8 Å². The molecule has 2 fully saturated rings. The van der Waals surface area contributed by atoms with Gasteiger partial charge >= 0.3 is 0 Å². The van der Waals surface area contributed by atoms with Crippen molar-refractivity contribution in [3.63, 3.8) is 0 Å². The standard InChI is InChI=1S/C11H22N2S/c1-12-10-3-7-13(8-4-10)9-11(14-2)5-6-11/h10,12H,3-9H2,1-2H3. The second-order valence-corrected chi connectivity index (χ2v) is 6.00. The van der Waals surface area contributed by atoms with Crippen molar-refractivity contribution in [1.29, 1.82) is 0 Å². The third-order valence-electron chi connectivity index (χ3n) is 3.75. The summed E-state index contributed by atoms with van der Waals surface area (Å²) in [5.74, 6) is 0. The van der Waals surface area contributed by atoms with Crippen LogP contribution >= 0.6 is 11.8 Å². The molecule has 1 saturated carbocycles. The largest absolute Gasteiger partial charge is 0.317 e. The molecule has 0 bridgehead atoms. The maximum absolute atomic E-state index is 3.39. The molecule has 1 heterocycles. The number of likely N-dealkylation sites (tertiary alicyclic amines) is 1. The molecule has 82 valence electrons. The van der Waals surface area contributed by atoms with Gasteiger partial charge in [-0.2, -0.15) is 11.8 Å². The van der Waals surface area contributed by atoms with E-state index in [1.165, 1.54) is 45.3 Å². The molecule has 1 saturated heterocycles. The lowest BCUT2D eigenvalue weighted by Gasteiger charge is -2.33. The van der Waals surface area contributed by atoms with Crippen LogP contribution in [0.15, 0.2) is 0 Å². The van der Waals surface area contributed by atoms with Crippen molar-refractivity contribution in [2.45, 2.75) is 36.5 Å². The SMILES string of the molecule is CNC1CCN(CC2(SC)CC2)CC1. The van der Waals surface area contributed by atoms with E-state index in [0.717, 1.165) is 6.04 Å². The molecule has 2 nitrogen and oxygen atoms in total. The first-order valence-corrected chi connectivity index (χ1v) is 6.95. The van der Waals surface area contributed by atoms with Crippen LogP contribution in [0, 0.1) is 0 Å². The van der Waals surface area contributed by atoms with Crippen LogP contribution < -0.4 is 5.32 Å². The van der Waals surface area contributed by atoms with Crippen molar-refractivity contribution in [2.75, 3.05) is 32.9 Å². The average Bonchev–Trinajstić information content (AvgIpc) is 3.00. The van der Waals surface area contributed by atoms with E-state index in [1.807, 2.05) is 0 Å². The summed E-state index contributed by atoms with van der Waals surface area (Å²) in [7, 11) is 2.09. The number of nitrogens with one attached hydrogen (secondary N) is 1. The summed E-state index contributed by atoms with van der Waals surface area (Å²) in [6.45, 7) is 3.94. The fourth-order valence-electron chi connectivity index (χ4n) is 2.35. The van der Waals surface area contributed by atoms with E-state index in [0.29, 0.717) is 4.75 Å². The zero-order chi connectivity index (χ0) is 10.0. The van der Waals surface area contributed by atoms with E-state index in [9.17, 15) is 0 Å². The monoisotopic (exact) mass is 214 g/mol. The van der Waals surface area contributed by atoms with Gasteiger partial charge in [-0.25, -0.2) is 0 Å². The summed E-state index contributed by atoms with van der Waals surface area (Å²) in [6.07, 6.45) is 7.83. The second-order valence-electron chi connectivity index (χ2n) is 4.73. The van der Waals surface area contributed by atoms with Crippen LogP contribution in [0.25, 0.3) is 0 Å². The quantitative estimate of drug-likeness (QED) is 0.765. The van der Waals surface area contributed by atoms with E-state index >= 15 is 0 Å². The van der Waals surface area contributed by atoms with Gasteiger partial charge in [-0.3, -0.25) is 0 Å². The Balaban J connectivity index is 1.73. The van der Waals surface area contributed by atoms with E-state index < -0.39 is 0 Å². The van der Waals surface area contributed by atoms with Gasteiger partial charge in [0.25, 0.3) is 0 Å². The summed E-state index contributed by atoms with van der Waals surface area (Å²) in [5, 5.41) is 3.39. The van der Waals surface area contributed by atoms with Gasteiger partial charge in [0.15, 0.2) is 0 Å². The van der Waals surface area contributed by atoms with Crippen molar-refractivity contribution in [3.05, 3.63) is 0 Å². The minimum absolute atomic E-state index is 0.659. The first-order chi connectivity index (χ1) is 6.78. The average molecular weight is 214 g/mol. The predicted molar refractivity (Wildman–Crippen MR) is 64.0 cm³/mol. The summed E-state index contributed by atoms with van der Waals surface area (Å²) >= 11 is 2.08. The van der Waals surface area contributed by atoms with E-state index in [-0.39, 0.29) is 0 Å². The highest BCUT2D eigenvalue weighted by molar-refractivity contribution is 8.00. The zero-order valence-electron chi connectivity index (χ0n) is 9.38. The number of nitrogens with zero attached hydrogens (tertiary/aromatic N) is 1. The molecule has 14 heavy (non-hydrogen) atoms. The summed E-state index contributed by atoms with van der Waals surface area (Å²) < 4.78 is 0.659. The first kappa shape index (κ1) is 10.8. The Morgan fingerprint density at radius 3 is 2.43 bits per heavy atom. The molecule has 0 amide bonds. The molecular weight excluding hydrogens is 192 g/mol. The molecule has 0 atom stereocenters. The van der Waals surface area contributed by atoms with Crippen LogP contribution in [0.5, 0.6) is 0 Å². The highest BCUT2D eigenvalue weighted by Crippen LogP contribution is 2.47. The zero-order valence-corrected chi connectivity index (χ0v) is 10.2. The van der Waals surface area contributed by atoms with Gasteiger partial charge in [0.05, 0.1) is 0 Å². The molecule has 0 radical (unpaired) electrons. The molecule has 0 unspecified atom stereocenters. The van der Waals surface area contributed by atoms with E-state index in [1.54, 1.807) is 0 Å². The first-order valence-electron chi connectivity index (χ1n) is 5.73. The Morgan fingerprint density at radius 1 is 1.36 bits per heavy atom. The summed E-state index contributed by atoms with van der Waals surface area (Å²) in [6, 6.07) is 0.774. The molecule has 0 spiro atoms. The van der Waals surface area contributed by atoms with Crippen LogP contribution in [-0.4, -0.2) is 48.6 Å². The Hall–Kier alpha value is 0.270.